The number of carbonyl (C=O) groups excluding carboxylic acids is 1. The highest BCUT2D eigenvalue weighted by Gasteiger charge is 2.48. The second-order valence-electron chi connectivity index (χ2n) is 8.06. The summed E-state index contributed by atoms with van der Waals surface area (Å²) < 4.78 is 5.40. The molecule has 0 spiro atoms. The maximum absolute atomic E-state index is 13.3. The summed E-state index contributed by atoms with van der Waals surface area (Å²) in [6, 6.07) is 9.09. The largest absolute Gasteiger partial charge is 0.384 e. The molecule has 0 radical (unpaired) electrons. The Morgan fingerprint density at radius 1 is 1.20 bits per heavy atom. The van der Waals surface area contributed by atoms with Crippen LogP contribution in [-0.4, -0.2) is 50.1 Å². The molecule has 1 aromatic rings. The fourth-order valence-corrected chi connectivity index (χ4v) is 4.34. The van der Waals surface area contributed by atoms with Crippen molar-refractivity contribution >= 4 is 5.91 Å². The maximum Gasteiger partial charge on any atom is 0.231 e. The molecule has 25 heavy (non-hydrogen) atoms. The molecule has 1 aromatic carbocycles. The van der Waals surface area contributed by atoms with Crippen LogP contribution in [-0.2, 0) is 16.1 Å². The highest BCUT2D eigenvalue weighted by Crippen LogP contribution is 2.45. The molecule has 1 saturated heterocycles. The van der Waals surface area contributed by atoms with E-state index in [4.69, 9.17) is 4.74 Å². The van der Waals surface area contributed by atoms with Gasteiger partial charge in [0.05, 0.1) is 18.1 Å². The van der Waals surface area contributed by atoms with Crippen LogP contribution < -0.4 is 0 Å². The molecule has 1 heterocycles. The summed E-state index contributed by atoms with van der Waals surface area (Å²) >= 11 is 0. The Kier molecular flexibility index (Phi) is 5.80. The van der Waals surface area contributed by atoms with E-state index < -0.39 is 0 Å². The highest BCUT2D eigenvalue weighted by atomic mass is 16.5. The molecule has 0 bridgehead atoms. The third-order valence-corrected chi connectivity index (χ3v) is 5.81. The van der Waals surface area contributed by atoms with Crippen LogP contribution in [0.2, 0.25) is 0 Å². The summed E-state index contributed by atoms with van der Waals surface area (Å²) in [5, 5.41) is 0. The molecule has 4 nitrogen and oxygen atoms in total. The maximum atomic E-state index is 13.3. The van der Waals surface area contributed by atoms with E-state index in [1.807, 2.05) is 0 Å². The molecule has 3 rings (SSSR count). The average Bonchev–Trinajstić information content (AvgIpc) is 2.58. The van der Waals surface area contributed by atoms with Gasteiger partial charge in [0.1, 0.15) is 0 Å². The quantitative estimate of drug-likeness (QED) is 0.790. The van der Waals surface area contributed by atoms with E-state index in [0.717, 1.165) is 45.2 Å². The van der Waals surface area contributed by atoms with Gasteiger partial charge in [0.25, 0.3) is 0 Å². The number of rotatable bonds is 6. The molecular weight excluding hydrogens is 312 g/mol. The normalized spacial score (nSPS) is 22.7. The van der Waals surface area contributed by atoms with Gasteiger partial charge in [0.2, 0.25) is 5.91 Å². The van der Waals surface area contributed by atoms with Crippen molar-refractivity contribution in [3.8, 4) is 0 Å². The van der Waals surface area contributed by atoms with E-state index in [2.05, 4.69) is 48.2 Å². The van der Waals surface area contributed by atoms with Crippen molar-refractivity contribution in [3.05, 3.63) is 35.4 Å². The number of hydrogen-bond acceptors (Lipinski definition) is 3. The van der Waals surface area contributed by atoms with E-state index in [-0.39, 0.29) is 11.5 Å². The molecule has 1 amide bonds. The fourth-order valence-electron chi connectivity index (χ4n) is 4.34. The van der Waals surface area contributed by atoms with Crippen molar-refractivity contribution in [1.29, 1.82) is 0 Å². The molecule has 1 atom stereocenters. The van der Waals surface area contributed by atoms with Crippen LogP contribution in [0.15, 0.2) is 24.3 Å². The van der Waals surface area contributed by atoms with Crippen LogP contribution in [0.4, 0.5) is 0 Å². The van der Waals surface area contributed by atoms with E-state index in [1.54, 1.807) is 7.11 Å². The Hall–Kier alpha value is -1.39. The van der Waals surface area contributed by atoms with E-state index >= 15 is 0 Å². The van der Waals surface area contributed by atoms with Gasteiger partial charge in [-0.25, -0.2) is 0 Å². The summed E-state index contributed by atoms with van der Waals surface area (Å²) in [5.74, 6) is 0.322. The monoisotopic (exact) mass is 344 g/mol. The lowest BCUT2D eigenvalue weighted by molar-refractivity contribution is -0.156. The predicted octanol–water partition coefficient (Wildman–Crippen LogP) is 3.62. The Labute approximate surface area is 152 Å². The van der Waals surface area contributed by atoms with Gasteiger partial charge >= 0.3 is 0 Å². The lowest BCUT2D eigenvalue weighted by atomic mass is 9.68. The van der Waals surface area contributed by atoms with Gasteiger partial charge in [-0.1, -0.05) is 30.7 Å². The SMILES string of the molecule is COCC1(C(=O)N2CCCC[C@H]2c2ccc(CN(C)C)cc2)CCC1. The number of methoxy groups -OCH3 is 1. The molecule has 1 aliphatic heterocycles. The zero-order valence-electron chi connectivity index (χ0n) is 16.0. The Morgan fingerprint density at radius 2 is 1.92 bits per heavy atom. The van der Waals surface area contributed by atoms with Gasteiger partial charge in [0.15, 0.2) is 0 Å². The Morgan fingerprint density at radius 3 is 2.48 bits per heavy atom. The number of carbonyl (C=O) groups is 1. The van der Waals surface area contributed by atoms with Crippen molar-refractivity contribution in [2.24, 2.45) is 5.41 Å². The second-order valence-corrected chi connectivity index (χ2v) is 8.06. The summed E-state index contributed by atoms with van der Waals surface area (Å²) in [6.45, 7) is 2.40. The van der Waals surface area contributed by atoms with Gasteiger partial charge in [-0.2, -0.15) is 0 Å². The third-order valence-electron chi connectivity index (χ3n) is 5.81. The van der Waals surface area contributed by atoms with Crippen LogP contribution in [0.3, 0.4) is 0 Å². The number of likely N-dealkylation sites (tertiary alicyclic amines) is 1. The smallest absolute Gasteiger partial charge is 0.231 e. The molecule has 2 fully saturated rings. The summed E-state index contributed by atoms with van der Waals surface area (Å²) in [6.07, 6.45) is 6.49. The molecule has 0 aromatic heterocycles. The molecule has 2 aliphatic rings. The van der Waals surface area contributed by atoms with Crippen molar-refractivity contribution in [3.63, 3.8) is 0 Å². The van der Waals surface area contributed by atoms with Crippen LogP contribution in [0.1, 0.15) is 55.7 Å². The number of nitrogens with zero attached hydrogens (tertiary/aromatic N) is 2. The topological polar surface area (TPSA) is 32.8 Å². The lowest BCUT2D eigenvalue weighted by Crippen LogP contribution is -2.52. The van der Waals surface area contributed by atoms with Gasteiger partial charge in [-0.3, -0.25) is 4.79 Å². The number of hydrogen-bond donors (Lipinski definition) is 0. The second kappa shape index (κ2) is 7.88. The third kappa shape index (κ3) is 3.90. The number of piperidine rings is 1. The highest BCUT2D eigenvalue weighted by molar-refractivity contribution is 5.84. The van der Waals surface area contributed by atoms with Crippen molar-refractivity contribution in [2.45, 2.75) is 51.1 Å². The predicted molar refractivity (Wildman–Crippen MR) is 100 cm³/mol. The fraction of sp³-hybridized carbons (Fsp3) is 0.667. The molecule has 138 valence electrons. The van der Waals surface area contributed by atoms with Crippen LogP contribution >= 0.6 is 0 Å². The summed E-state index contributed by atoms with van der Waals surface area (Å²) in [5.41, 5.74) is 2.34. The summed E-state index contributed by atoms with van der Waals surface area (Å²) in [7, 11) is 5.89. The molecule has 1 saturated carbocycles. The van der Waals surface area contributed by atoms with E-state index in [9.17, 15) is 4.79 Å². The summed E-state index contributed by atoms with van der Waals surface area (Å²) in [4.78, 5) is 17.7. The molecule has 0 unspecified atom stereocenters. The van der Waals surface area contributed by atoms with Crippen LogP contribution in [0.25, 0.3) is 0 Å². The molecule has 1 aliphatic carbocycles. The molecule has 0 N–H and O–H groups in total. The van der Waals surface area contributed by atoms with Crippen molar-refractivity contribution in [1.82, 2.24) is 9.80 Å². The van der Waals surface area contributed by atoms with Gasteiger partial charge in [-0.05, 0) is 57.3 Å². The minimum Gasteiger partial charge on any atom is -0.384 e. The zero-order valence-corrected chi connectivity index (χ0v) is 16.0. The standard InChI is InChI=1S/C21H32N2O2/c1-22(2)15-17-8-10-18(11-9-17)19-7-4-5-14-23(19)20(24)21(16-25-3)12-6-13-21/h8-11,19H,4-7,12-16H2,1-3H3/t19-/m0/s1. The van der Waals surface area contributed by atoms with Crippen LogP contribution in [0, 0.1) is 5.41 Å². The Bertz CT molecular complexity index is 578. The Balaban J connectivity index is 1.77. The minimum atomic E-state index is -0.255. The molecule has 4 heteroatoms. The van der Waals surface area contributed by atoms with E-state index in [0.29, 0.717) is 12.5 Å². The number of ether oxygens (including phenoxy) is 1. The number of benzene rings is 1. The van der Waals surface area contributed by atoms with Crippen molar-refractivity contribution in [2.75, 3.05) is 34.4 Å². The average molecular weight is 344 g/mol. The first kappa shape index (κ1) is 18.4. The van der Waals surface area contributed by atoms with Gasteiger partial charge in [0, 0.05) is 20.2 Å². The number of amides is 1. The zero-order chi connectivity index (χ0) is 17.9. The first-order valence-electron chi connectivity index (χ1n) is 9.59. The lowest BCUT2D eigenvalue weighted by Gasteiger charge is -2.46. The van der Waals surface area contributed by atoms with Gasteiger partial charge in [-0.15, -0.1) is 0 Å². The first-order chi connectivity index (χ1) is 12.1. The minimum absolute atomic E-state index is 0.226. The van der Waals surface area contributed by atoms with Crippen LogP contribution in [0.5, 0.6) is 0 Å². The first-order valence-corrected chi connectivity index (χ1v) is 9.59. The van der Waals surface area contributed by atoms with Crippen molar-refractivity contribution < 1.29 is 9.53 Å². The van der Waals surface area contributed by atoms with E-state index in [1.165, 1.54) is 17.5 Å². The van der Waals surface area contributed by atoms with Gasteiger partial charge < -0.3 is 14.5 Å². The molecular formula is C21H32N2O2.